The lowest BCUT2D eigenvalue weighted by atomic mass is 9.85. The molecule has 0 saturated heterocycles. The van der Waals surface area contributed by atoms with Crippen LogP contribution < -0.4 is 10.3 Å². The number of rotatable bonds is 2. The van der Waals surface area contributed by atoms with Gasteiger partial charge in [0.15, 0.2) is 0 Å². The summed E-state index contributed by atoms with van der Waals surface area (Å²) in [5.74, 6) is 1.61. The van der Waals surface area contributed by atoms with E-state index in [1.165, 1.54) is 0 Å². The van der Waals surface area contributed by atoms with Gasteiger partial charge in [-0.2, -0.15) is 0 Å². The van der Waals surface area contributed by atoms with Crippen LogP contribution in [0.25, 0.3) is 22.2 Å². The summed E-state index contributed by atoms with van der Waals surface area (Å²) < 4.78 is 7.00. The highest BCUT2D eigenvalue weighted by Gasteiger charge is 2.27. The SMILES string of the molecule is COc1ccc(-c2ccc3c(=O)n4c(nc3c2)CCC(C)(C)C4)nc1. The number of hydrogen-bond donors (Lipinski definition) is 0. The summed E-state index contributed by atoms with van der Waals surface area (Å²) in [5.41, 5.74) is 2.72. The van der Waals surface area contributed by atoms with Crippen LogP contribution in [0.4, 0.5) is 0 Å². The molecule has 3 heterocycles. The average molecular weight is 335 g/mol. The maximum absolute atomic E-state index is 12.9. The normalized spacial score (nSPS) is 15.8. The third kappa shape index (κ3) is 2.80. The molecule has 0 bridgehead atoms. The van der Waals surface area contributed by atoms with Crippen molar-refractivity contribution in [3.8, 4) is 17.0 Å². The van der Waals surface area contributed by atoms with E-state index in [-0.39, 0.29) is 11.0 Å². The molecule has 1 aliphatic rings. The first-order valence-electron chi connectivity index (χ1n) is 8.51. The predicted octanol–water partition coefficient (Wildman–Crippen LogP) is 3.44. The topological polar surface area (TPSA) is 57.0 Å². The number of aryl methyl sites for hydroxylation is 1. The molecule has 0 N–H and O–H groups in total. The lowest BCUT2D eigenvalue weighted by molar-refractivity contribution is 0.240. The van der Waals surface area contributed by atoms with E-state index in [4.69, 9.17) is 9.72 Å². The molecular weight excluding hydrogens is 314 g/mol. The first-order valence-corrected chi connectivity index (χ1v) is 8.51. The molecule has 3 aromatic rings. The third-order valence-electron chi connectivity index (χ3n) is 4.91. The zero-order valence-corrected chi connectivity index (χ0v) is 14.7. The molecule has 1 aromatic carbocycles. The maximum atomic E-state index is 12.9. The van der Waals surface area contributed by atoms with E-state index in [1.807, 2.05) is 34.9 Å². The van der Waals surface area contributed by atoms with Gasteiger partial charge in [-0.1, -0.05) is 19.9 Å². The Bertz CT molecular complexity index is 1000. The molecule has 2 aromatic heterocycles. The van der Waals surface area contributed by atoms with Crippen LogP contribution in [0.3, 0.4) is 0 Å². The molecule has 0 fully saturated rings. The number of aromatic nitrogens is 3. The quantitative estimate of drug-likeness (QED) is 0.720. The van der Waals surface area contributed by atoms with E-state index < -0.39 is 0 Å². The van der Waals surface area contributed by atoms with Gasteiger partial charge in [-0.25, -0.2) is 4.98 Å². The van der Waals surface area contributed by atoms with Gasteiger partial charge in [-0.15, -0.1) is 0 Å². The Hall–Kier alpha value is -2.69. The lowest BCUT2D eigenvalue weighted by Crippen LogP contribution is -2.36. The second kappa shape index (κ2) is 5.69. The van der Waals surface area contributed by atoms with Crippen LogP contribution in [-0.4, -0.2) is 21.6 Å². The predicted molar refractivity (Wildman–Crippen MR) is 97.9 cm³/mol. The second-order valence-electron chi connectivity index (χ2n) is 7.40. The fraction of sp³-hybridized carbons (Fsp3) is 0.350. The van der Waals surface area contributed by atoms with Crippen LogP contribution in [0, 0.1) is 5.41 Å². The van der Waals surface area contributed by atoms with Gasteiger partial charge in [0.2, 0.25) is 0 Å². The van der Waals surface area contributed by atoms with Gasteiger partial charge in [-0.05, 0) is 36.1 Å². The van der Waals surface area contributed by atoms with E-state index >= 15 is 0 Å². The summed E-state index contributed by atoms with van der Waals surface area (Å²) in [6, 6.07) is 9.53. The van der Waals surface area contributed by atoms with Gasteiger partial charge in [0, 0.05) is 18.5 Å². The minimum atomic E-state index is 0.0574. The van der Waals surface area contributed by atoms with E-state index in [0.29, 0.717) is 5.39 Å². The molecule has 0 radical (unpaired) electrons. The molecule has 0 amide bonds. The van der Waals surface area contributed by atoms with Crippen molar-refractivity contribution in [2.45, 2.75) is 33.2 Å². The van der Waals surface area contributed by atoms with E-state index in [9.17, 15) is 4.79 Å². The maximum Gasteiger partial charge on any atom is 0.261 e. The Morgan fingerprint density at radius 2 is 2.04 bits per heavy atom. The number of nitrogens with zero attached hydrogens (tertiary/aromatic N) is 3. The Balaban J connectivity index is 1.83. The standard InChI is InChI=1S/C20H21N3O2/c1-20(2)9-8-18-22-17-10-13(16-7-5-14(25-3)11-21-16)4-6-15(17)19(24)23(18)12-20/h4-7,10-11H,8-9,12H2,1-3H3. The zero-order valence-electron chi connectivity index (χ0n) is 14.7. The average Bonchev–Trinajstić information content (AvgIpc) is 2.62. The molecule has 5 nitrogen and oxygen atoms in total. The van der Waals surface area contributed by atoms with Crippen molar-refractivity contribution < 1.29 is 4.74 Å². The summed E-state index contributed by atoms with van der Waals surface area (Å²) in [6.07, 6.45) is 3.57. The van der Waals surface area contributed by atoms with Crippen molar-refractivity contribution in [3.63, 3.8) is 0 Å². The fourth-order valence-electron chi connectivity index (χ4n) is 3.41. The number of benzene rings is 1. The largest absolute Gasteiger partial charge is 0.495 e. The van der Waals surface area contributed by atoms with Gasteiger partial charge < -0.3 is 4.74 Å². The molecule has 1 aliphatic heterocycles. The van der Waals surface area contributed by atoms with Crippen LogP contribution in [0.15, 0.2) is 41.3 Å². The molecule has 0 spiro atoms. The van der Waals surface area contributed by atoms with Gasteiger partial charge in [0.25, 0.3) is 5.56 Å². The molecule has 5 heteroatoms. The molecule has 128 valence electrons. The Kier molecular flexibility index (Phi) is 3.60. The molecule has 0 atom stereocenters. The van der Waals surface area contributed by atoms with E-state index in [1.54, 1.807) is 13.3 Å². The van der Waals surface area contributed by atoms with Crippen molar-refractivity contribution in [3.05, 3.63) is 52.7 Å². The fourth-order valence-corrected chi connectivity index (χ4v) is 3.41. The van der Waals surface area contributed by atoms with Crippen molar-refractivity contribution in [2.75, 3.05) is 7.11 Å². The Morgan fingerprint density at radius 3 is 2.76 bits per heavy atom. The molecule has 0 unspecified atom stereocenters. The monoisotopic (exact) mass is 335 g/mol. The smallest absolute Gasteiger partial charge is 0.261 e. The molecule has 0 aliphatic carbocycles. The highest BCUT2D eigenvalue weighted by molar-refractivity contribution is 5.83. The molecule has 0 saturated carbocycles. The van der Waals surface area contributed by atoms with Crippen molar-refractivity contribution in [1.29, 1.82) is 0 Å². The first-order chi connectivity index (χ1) is 12.0. The summed E-state index contributed by atoms with van der Waals surface area (Å²) in [4.78, 5) is 22.1. The van der Waals surface area contributed by atoms with E-state index in [0.717, 1.165) is 47.7 Å². The summed E-state index contributed by atoms with van der Waals surface area (Å²) >= 11 is 0. The number of hydrogen-bond acceptors (Lipinski definition) is 4. The highest BCUT2D eigenvalue weighted by atomic mass is 16.5. The van der Waals surface area contributed by atoms with Crippen LogP contribution >= 0.6 is 0 Å². The lowest BCUT2D eigenvalue weighted by Gasteiger charge is -2.31. The first kappa shape index (κ1) is 15.8. The second-order valence-corrected chi connectivity index (χ2v) is 7.40. The van der Waals surface area contributed by atoms with Crippen molar-refractivity contribution in [2.24, 2.45) is 5.41 Å². The van der Waals surface area contributed by atoms with Crippen molar-refractivity contribution in [1.82, 2.24) is 14.5 Å². The van der Waals surface area contributed by atoms with Crippen molar-refractivity contribution >= 4 is 10.9 Å². The minimum Gasteiger partial charge on any atom is -0.495 e. The van der Waals surface area contributed by atoms with Gasteiger partial charge in [-0.3, -0.25) is 14.3 Å². The highest BCUT2D eigenvalue weighted by Crippen LogP contribution is 2.30. The summed E-state index contributed by atoms with van der Waals surface area (Å²) in [7, 11) is 1.62. The number of methoxy groups -OCH3 is 1. The summed E-state index contributed by atoms with van der Waals surface area (Å²) in [6.45, 7) is 5.13. The molecular formula is C20H21N3O2. The van der Waals surface area contributed by atoms with Gasteiger partial charge >= 0.3 is 0 Å². The number of fused-ring (bicyclic) bond motifs is 2. The Labute approximate surface area is 146 Å². The van der Waals surface area contributed by atoms with Crippen LogP contribution in [0.2, 0.25) is 0 Å². The van der Waals surface area contributed by atoms with Gasteiger partial charge in [0.05, 0.1) is 29.9 Å². The Morgan fingerprint density at radius 1 is 1.20 bits per heavy atom. The third-order valence-corrected chi connectivity index (χ3v) is 4.91. The minimum absolute atomic E-state index is 0.0574. The zero-order chi connectivity index (χ0) is 17.6. The molecule has 25 heavy (non-hydrogen) atoms. The van der Waals surface area contributed by atoms with Crippen LogP contribution in [0.1, 0.15) is 26.1 Å². The molecule has 4 rings (SSSR count). The number of ether oxygens (including phenoxy) is 1. The number of pyridine rings is 1. The van der Waals surface area contributed by atoms with E-state index in [2.05, 4.69) is 18.8 Å². The van der Waals surface area contributed by atoms with Crippen LogP contribution in [0.5, 0.6) is 5.75 Å². The summed E-state index contributed by atoms with van der Waals surface area (Å²) in [5, 5.41) is 0.665. The van der Waals surface area contributed by atoms with Crippen LogP contribution in [-0.2, 0) is 13.0 Å². The van der Waals surface area contributed by atoms with Gasteiger partial charge in [0.1, 0.15) is 11.6 Å².